The van der Waals surface area contributed by atoms with Crippen molar-refractivity contribution in [3.63, 3.8) is 0 Å². The molecule has 0 saturated heterocycles. The van der Waals surface area contributed by atoms with E-state index < -0.39 is 17.5 Å². The van der Waals surface area contributed by atoms with Gasteiger partial charge in [-0.15, -0.1) is 0 Å². The molecule has 0 aromatic heterocycles. The van der Waals surface area contributed by atoms with Gasteiger partial charge in [0.05, 0.1) is 12.7 Å². The van der Waals surface area contributed by atoms with E-state index in [0.29, 0.717) is 0 Å². The normalized spacial score (nSPS) is 25.9. The molecule has 1 N–H and O–H groups in total. The second-order valence-electron chi connectivity index (χ2n) is 2.69. The van der Waals surface area contributed by atoms with Crippen LogP contribution in [0.2, 0.25) is 0 Å². The fourth-order valence-corrected chi connectivity index (χ4v) is 1.02. The Morgan fingerprint density at radius 1 is 1.43 bits per heavy atom. The van der Waals surface area contributed by atoms with Gasteiger partial charge in [0.15, 0.2) is 0 Å². The molecule has 5 nitrogen and oxygen atoms in total. The molecule has 1 rings (SSSR count). The third-order valence-electron chi connectivity index (χ3n) is 1.85. The first-order valence-corrected chi connectivity index (χ1v) is 3.84. The lowest BCUT2D eigenvalue weighted by molar-refractivity contribution is -0.170. The largest absolute Gasteiger partial charge is 0.465 e. The molecule has 0 radical (unpaired) electrons. The molecule has 0 spiro atoms. The Morgan fingerprint density at radius 2 is 2.07 bits per heavy atom. The van der Waals surface area contributed by atoms with Gasteiger partial charge in [0.25, 0.3) is 5.79 Å². The Kier molecular flexibility index (Phi) is 2.83. The molecule has 0 bridgehead atoms. The van der Waals surface area contributed by atoms with Crippen LogP contribution in [0.4, 0.5) is 0 Å². The van der Waals surface area contributed by atoms with E-state index in [1.54, 1.807) is 0 Å². The first kappa shape index (κ1) is 10.6. The van der Waals surface area contributed by atoms with Gasteiger partial charge in [-0.25, -0.2) is 4.79 Å². The van der Waals surface area contributed by atoms with E-state index in [2.05, 4.69) is 9.47 Å². The van der Waals surface area contributed by atoms with Gasteiger partial charge >= 0.3 is 5.97 Å². The highest BCUT2D eigenvalue weighted by Crippen LogP contribution is 2.19. The summed E-state index contributed by atoms with van der Waals surface area (Å²) in [6.45, 7) is 0. The maximum atomic E-state index is 11.1. The summed E-state index contributed by atoms with van der Waals surface area (Å²) in [7, 11) is 2.38. The summed E-state index contributed by atoms with van der Waals surface area (Å²) in [4.78, 5) is 22.2. The lowest BCUT2D eigenvalue weighted by Crippen LogP contribution is -2.39. The number of rotatable bonds is 2. The van der Waals surface area contributed by atoms with Crippen LogP contribution in [-0.2, 0) is 19.1 Å². The van der Waals surface area contributed by atoms with Crippen LogP contribution in [0, 0.1) is 0 Å². The van der Waals surface area contributed by atoms with Crippen LogP contribution in [0.1, 0.15) is 0 Å². The van der Waals surface area contributed by atoms with Gasteiger partial charge in [0.1, 0.15) is 0 Å². The van der Waals surface area contributed by atoms with Gasteiger partial charge in [-0.05, 0) is 18.2 Å². The van der Waals surface area contributed by atoms with Gasteiger partial charge in [0.2, 0.25) is 5.78 Å². The van der Waals surface area contributed by atoms with Crippen molar-refractivity contribution < 1.29 is 24.2 Å². The van der Waals surface area contributed by atoms with E-state index in [0.717, 1.165) is 12.2 Å². The van der Waals surface area contributed by atoms with Crippen molar-refractivity contribution in [2.75, 3.05) is 14.2 Å². The highest BCUT2D eigenvalue weighted by atomic mass is 16.6. The molecule has 1 unspecified atom stereocenters. The molecule has 0 heterocycles. The van der Waals surface area contributed by atoms with E-state index >= 15 is 0 Å². The Morgan fingerprint density at radius 3 is 2.57 bits per heavy atom. The van der Waals surface area contributed by atoms with Crippen molar-refractivity contribution in [3.8, 4) is 0 Å². The van der Waals surface area contributed by atoms with Crippen molar-refractivity contribution in [2.45, 2.75) is 5.79 Å². The highest BCUT2D eigenvalue weighted by molar-refractivity contribution is 6.04. The van der Waals surface area contributed by atoms with Crippen molar-refractivity contribution >= 4 is 11.8 Å². The topological polar surface area (TPSA) is 72.8 Å². The van der Waals surface area contributed by atoms with E-state index in [9.17, 15) is 14.7 Å². The standard InChI is InChI=1S/C9H10O5/c1-13-8(11)6-3-4-7(10)9(12,5-6)14-2/h3-5,12H,1-2H3. The van der Waals surface area contributed by atoms with Crippen LogP contribution in [0.15, 0.2) is 23.8 Å². The van der Waals surface area contributed by atoms with Crippen LogP contribution in [0.5, 0.6) is 0 Å². The molecule has 14 heavy (non-hydrogen) atoms. The molecule has 76 valence electrons. The number of carbonyl (C=O) groups is 2. The quantitative estimate of drug-likeness (QED) is 0.481. The van der Waals surface area contributed by atoms with E-state index in [4.69, 9.17) is 0 Å². The molecule has 1 aliphatic rings. The number of methoxy groups -OCH3 is 2. The second-order valence-corrected chi connectivity index (χ2v) is 2.69. The molecule has 0 saturated carbocycles. The lowest BCUT2D eigenvalue weighted by atomic mass is 10.0. The van der Waals surface area contributed by atoms with Crippen LogP contribution < -0.4 is 0 Å². The summed E-state index contributed by atoms with van der Waals surface area (Å²) in [5, 5.41) is 9.56. The number of ketones is 1. The predicted molar refractivity (Wildman–Crippen MR) is 46.2 cm³/mol. The minimum Gasteiger partial charge on any atom is -0.465 e. The van der Waals surface area contributed by atoms with Gasteiger partial charge in [-0.1, -0.05) is 0 Å². The Balaban J connectivity index is 3.02. The molecule has 0 aromatic carbocycles. The van der Waals surface area contributed by atoms with Gasteiger partial charge in [0, 0.05) is 7.11 Å². The van der Waals surface area contributed by atoms with Crippen molar-refractivity contribution in [2.24, 2.45) is 0 Å². The maximum Gasteiger partial charge on any atom is 0.337 e. The summed E-state index contributed by atoms with van der Waals surface area (Å²) in [5.41, 5.74) is 0.0800. The van der Waals surface area contributed by atoms with Gasteiger partial charge < -0.3 is 14.6 Å². The summed E-state index contributed by atoms with van der Waals surface area (Å²) in [5.74, 6) is -3.32. The average molecular weight is 198 g/mol. The number of aliphatic hydroxyl groups is 1. The molecular formula is C9H10O5. The molecule has 0 fully saturated rings. The number of esters is 1. The SMILES string of the molecule is COC(=O)C1=CC(O)(OC)C(=O)C=C1. The third-order valence-corrected chi connectivity index (χ3v) is 1.85. The van der Waals surface area contributed by atoms with Crippen LogP contribution >= 0.6 is 0 Å². The zero-order valence-corrected chi connectivity index (χ0v) is 7.81. The van der Waals surface area contributed by atoms with E-state index in [-0.39, 0.29) is 5.57 Å². The Hall–Kier alpha value is -1.46. The smallest absolute Gasteiger partial charge is 0.337 e. The number of ether oxygens (including phenoxy) is 2. The average Bonchev–Trinajstić information content (AvgIpc) is 2.21. The summed E-state index contributed by atoms with van der Waals surface area (Å²) in [6, 6.07) is 0. The Labute approximate surface area is 80.6 Å². The predicted octanol–water partition coefficient (Wildman–Crippen LogP) is -0.440. The minimum absolute atomic E-state index is 0.0800. The van der Waals surface area contributed by atoms with Crippen molar-refractivity contribution in [1.29, 1.82) is 0 Å². The number of hydrogen-bond donors (Lipinski definition) is 1. The van der Waals surface area contributed by atoms with E-state index in [1.807, 2.05) is 0 Å². The summed E-state index contributed by atoms with van der Waals surface area (Å²) in [6.07, 6.45) is 3.35. The first-order chi connectivity index (χ1) is 6.53. The van der Waals surface area contributed by atoms with Crippen LogP contribution in [0.25, 0.3) is 0 Å². The molecule has 0 aliphatic heterocycles. The zero-order valence-electron chi connectivity index (χ0n) is 7.81. The van der Waals surface area contributed by atoms with Crippen molar-refractivity contribution in [1.82, 2.24) is 0 Å². The van der Waals surface area contributed by atoms with Gasteiger partial charge in [-0.3, -0.25) is 4.79 Å². The molecule has 0 aromatic rings. The molecule has 1 atom stereocenters. The van der Waals surface area contributed by atoms with E-state index in [1.165, 1.54) is 20.3 Å². The van der Waals surface area contributed by atoms with Crippen molar-refractivity contribution in [3.05, 3.63) is 23.8 Å². The monoisotopic (exact) mass is 198 g/mol. The van der Waals surface area contributed by atoms with Crippen LogP contribution in [0.3, 0.4) is 0 Å². The summed E-state index contributed by atoms with van der Waals surface area (Å²) < 4.78 is 9.01. The zero-order chi connectivity index (χ0) is 10.8. The number of carbonyl (C=O) groups excluding carboxylic acids is 2. The van der Waals surface area contributed by atoms with Gasteiger partial charge in [-0.2, -0.15) is 0 Å². The first-order valence-electron chi connectivity index (χ1n) is 3.84. The minimum atomic E-state index is -2.06. The molecular weight excluding hydrogens is 188 g/mol. The second kappa shape index (κ2) is 3.73. The molecule has 1 aliphatic carbocycles. The fraction of sp³-hybridized carbons (Fsp3) is 0.333. The summed E-state index contributed by atoms with van der Waals surface area (Å²) >= 11 is 0. The number of hydrogen-bond acceptors (Lipinski definition) is 5. The molecule has 0 amide bonds. The fourth-order valence-electron chi connectivity index (χ4n) is 1.02. The molecule has 5 heteroatoms. The Bertz CT molecular complexity index is 328. The lowest BCUT2D eigenvalue weighted by Gasteiger charge is -2.22. The van der Waals surface area contributed by atoms with Crippen LogP contribution in [-0.4, -0.2) is 36.9 Å². The highest BCUT2D eigenvalue weighted by Gasteiger charge is 2.35. The third kappa shape index (κ3) is 1.73. The maximum absolute atomic E-state index is 11.1.